The lowest BCUT2D eigenvalue weighted by atomic mass is 10.1. The maximum atomic E-state index is 12.1. The van der Waals surface area contributed by atoms with Crippen LogP contribution >= 0.6 is 11.3 Å². The fourth-order valence-corrected chi connectivity index (χ4v) is 3.71. The van der Waals surface area contributed by atoms with Gasteiger partial charge >= 0.3 is 6.03 Å². The van der Waals surface area contributed by atoms with Crippen LogP contribution in [0.3, 0.4) is 0 Å². The van der Waals surface area contributed by atoms with Gasteiger partial charge in [0.2, 0.25) is 0 Å². The summed E-state index contributed by atoms with van der Waals surface area (Å²) in [6.07, 6.45) is 2.50. The van der Waals surface area contributed by atoms with Crippen LogP contribution in [0.4, 0.5) is 4.79 Å². The van der Waals surface area contributed by atoms with Gasteiger partial charge in [0.25, 0.3) is 0 Å². The van der Waals surface area contributed by atoms with E-state index in [0.717, 1.165) is 18.7 Å². The smallest absolute Gasteiger partial charge is 0.315 e. The first kappa shape index (κ1) is 16.0. The second-order valence-corrected chi connectivity index (χ2v) is 6.64. The Morgan fingerprint density at radius 3 is 2.61 bits per heavy atom. The molecule has 1 aromatic heterocycles. The average Bonchev–Trinajstić information content (AvgIpc) is 3.28. The molecule has 2 amide bonds. The third-order valence-electron chi connectivity index (χ3n) is 4.26. The van der Waals surface area contributed by atoms with Gasteiger partial charge in [0.1, 0.15) is 0 Å². The number of rotatable bonds is 6. The molecule has 122 valence electrons. The van der Waals surface area contributed by atoms with Gasteiger partial charge in [-0.05, 0) is 53.9 Å². The molecule has 0 saturated carbocycles. The van der Waals surface area contributed by atoms with Gasteiger partial charge in [0.15, 0.2) is 0 Å². The molecule has 2 aromatic rings. The molecule has 2 N–H and O–H groups in total. The number of thiophene rings is 1. The van der Waals surface area contributed by atoms with Gasteiger partial charge in [0, 0.05) is 13.1 Å². The number of nitrogens with one attached hydrogen (secondary N) is 2. The number of nitrogens with zero attached hydrogens (tertiary/aromatic N) is 1. The van der Waals surface area contributed by atoms with Crippen LogP contribution in [0.25, 0.3) is 0 Å². The highest BCUT2D eigenvalue weighted by atomic mass is 32.1. The number of hydrogen-bond acceptors (Lipinski definition) is 3. The van der Waals surface area contributed by atoms with Crippen LogP contribution in [-0.2, 0) is 6.54 Å². The summed E-state index contributed by atoms with van der Waals surface area (Å²) in [5, 5.41) is 10.2. The molecule has 23 heavy (non-hydrogen) atoms. The SMILES string of the molecule is O=C(NCc1ccccc1)NC[C@@H](c1ccsc1)N1CCCC1. The standard InChI is InChI=1S/C18H23N3OS/c22-18(19-12-15-6-2-1-3-7-15)20-13-17(16-8-11-23-14-16)21-9-4-5-10-21/h1-3,6-8,11,14,17H,4-5,9-10,12-13H2,(H2,19,20,22)/t17-/m0/s1. The van der Waals surface area contributed by atoms with Gasteiger partial charge in [-0.25, -0.2) is 4.79 Å². The molecule has 2 heterocycles. The van der Waals surface area contributed by atoms with Gasteiger partial charge in [-0.3, -0.25) is 4.90 Å². The highest BCUT2D eigenvalue weighted by Gasteiger charge is 2.24. The topological polar surface area (TPSA) is 44.4 Å². The molecule has 0 spiro atoms. The van der Waals surface area contributed by atoms with Crippen LogP contribution in [0.15, 0.2) is 47.2 Å². The quantitative estimate of drug-likeness (QED) is 0.853. The predicted molar refractivity (Wildman–Crippen MR) is 94.5 cm³/mol. The zero-order chi connectivity index (χ0) is 15.9. The highest BCUT2D eigenvalue weighted by Crippen LogP contribution is 2.26. The van der Waals surface area contributed by atoms with Crippen LogP contribution in [0.1, 0.15) is 30.0 Å². The largest absolute Gasteiger partial charge is 0.336 e. The van der Waals surface area contributed by atoms with Crippen molar-refractivity contribution in [1.29, 1.82) is 0 Å². The van der Waals surface area contributed by atoms with Crippen LogP contribution in [0.2, 0.25) is 0 Å². The molecule has 0 unspecified atom stereocenters. The normalized spacial score (nSPS) is 16.2. The molecule has 1 aromatic carbocycles. The van der Waals surface area contributed by atoms with E-state index >= 15 is 0 Å². The maximum absolute atomic E-state index is 12.1. The number of likely N-dealkylation sites (tertiary alicyclic amines) is 1. The predicted octanol–water partition coefficient (Wildman–Crippen LogP) is 3.38. The number of benzene rings is 1. The Bertz CT molecular complexity index is 594. The molecular formula is C18H23N3OS. The molecule has 4 nitrogen and oxygen atoms in total. The Labute approximate surface area is 141 Å². The van der Waals surface area contributed by atoms with Crippen molar-refractivity contribution in [1.82, 2.24) is 15.5 Å². The van der Waals surface area contributed by atoms with Crippen LogP contribution in [-0.4, -0.2) is 30.6 Å². The number of carbonyl (C=O) groups excluding carboxylic acids is 1. The summed E-state index contributed by atoms with van der Waals surface area (Å²) >= 11 is 1.71. The summed E-state index contributed by atoms with van der Waals surface area (Å²) < 4.78 is 0. The molecule has 1 aliphatic rings. The number of hydrogen-bond donors (Lipinski definition) is 2. The lowest BCUT2D eigenvalue weighted by Gasteiger charge is -2.27. The lowest BCUT2D eigenvalue weighted by molar-refractivity contribution is 0.221. The van der Waals surface area contributed by atoms with E-state index in [-0.39, 0.29) is 12.1 Å². The van der Waals surface area contributed by atoms with Gasteiger partial charge in [-0.15, -0.1) is 0 Å². The lowest BCUT2D eigenvalue weighted by Crippen LogP contribution is -2.41. The van der Waals surface area contributed by atoms with Crippen molar-refractivity contribution >= 4 is 17.4 Å². The first-order chi connectivity index (χ1) is 11.3. The van der Waals surface area contributed by atoms with E-state index in [0.29, 0.717) is 13.1 Å². The van der Waals surface area contributed by atoms with Crippen LogP contribution in [0.5, 0.6) is 0 Å². The third kappa shape index (κ3) is 4.56. The van der Waals surface area contributed by atoms with Gasteiger partial charge in [-0.1, -0.05) is 30.3 Å². The molecular weight excluding hydrogens is 306 g/mol. The summed E-state index contributed by atoms with van der Waals surface area (Å²) in [7, 11) is 0. The van der Waals surface area contributed by atoms with E-state index in [4.69, 9.17) is 0 Å². The summed E-state index contributed by atoms with van der Waals surface area (Å²) in [5.41, 5.74) is 2.41. The molecule has 3 rings (SSSR count). The van der Waals surface area contributed by atoms with E-state index < -0.39 is 0 Å². The van der Waals surface area contributed by atoms with E-state index in [1.54, 1.807) is 11.3 Å². The van der Waals surface area contributed by atoms with Crippen molar-refractivity contribution in [2.45, 2.75) is 25.4 Å². The minimum atomic E-state index is -0.103. The first-order valence-electron chi connectivity index (χ1n) is 8.15. The Balaban J connectivity index is 1.51. The van der Waals surface area contributed by atoms with Crippen LogP contribution < -0.4 is 10.6 Å². The number of urea groups is 1. The summed E-state index contributed by atoms with van der Waals surface area (Å²) in [4.78, 5) is 14.5. The Kier molecular flexibility index (Phi) is 5.66. The zero-order valence-electron chi connectivity index (χ0n) is 13.2. The van der Waals surface area contributed by atoms with E-state index in [9.17, 15) is 4.79 Å². The van der Waals surface area contributed by atoms with Crippen molar-refractivity contribution in [2.24, 2.45) is 0 Å². The van der Waals surface area contributed by atoms with Crippen molar-refractivity contribution in [3.8, 4) is 0 Å². The third-order valence-corrected chi connectivity index (χ3v) is 4.96. The number of amides is 2. The van der Waals surface area contributed by atoms with Crippen molar-refractivity contribution < 1.29 is 4.79 Å². The number of carbonyl (C=O) groups is 1. The van der Waals surface area contributed by atoms with Gasteiger partial charge < -0.3 is 10.6 Å². The Morgan fingerprint density at radius 1 is 1.13 bits per heavy atom. The van der Waals surface area contributed by atoms with Crippen molar-refractivity contribution in [3.63, 3.8) is 0 Å². The Morgan fingerprint density at radius 2 is 1.91 bits per heavy atom. The molecule has 0 radical (unpaired) electrons. The summed E-state index contributed by atoms with van der Waals surface area (Å²) in [6.45, 7) is 3.44. The monoisotopic (exact) mass is 329 g/mol. The van der Waals surface area contributed by atoms with Crippen molar-refractivity contribution in [2.75, 3.05) is 19.6 Å². The molecule has 5 heteroatoms. The maximum Gasteiger partial charge on any atom is 0.315 e. The fourth-order valence-electron chi connectivity index (χ4n) is 3.01. The molecule has 0 bridgehead atoms. The highest BCUT2D eigenvalue weighted by molar-refractivity contribution is 7.07. The average molecular weight is 329 g/mol. The first-order valence-corrected chi connectivity index (χ1v) is 9.09. The van der Waals surface area contributed by atoms with Gasteiger partial charge in [-0.2, -0.15) is 11.3 Å². The summed E-state index contributed by atoms with van der Waals surface area (Å²) in [6, 6.07) is 12.3. The minimum absolute atomic E-state index is 0.103. The van der Waals surface area contributed by atoms with Crippen molar-refractivity contribution in [3.05, 3.63) is 58.3 Å². The van der Waals surface area contributed by atoms with Crippen LogP contribution in [0, 0.1) is 0 Å². The second-order valence-electron chi connectivity index (χ2n) is 5.86. The van der Waals surface area contributed by atoms with E-state index in [1.807, 2.05) is 30.3 Å². The molecule has 0 aliphatic carbocycles. The minimum Gasteiger partial charge on any atom is -0.336 e. The van der Waals surface area contributed by atoms with E-state index in [1.165, 1.54) is 18.4 Å². The molecule has 1 fully saturated rings. The molecule has 1 saturated heterocycles. The molecule has 1 atom stereocenters. The zero-order valence-corrected chi connectivity index (χ0v) is 14.0. The fraction of sp³-hybridized carbons (Fsp3) is 0.389. The Hall–Kier alpha value is -1.85. The summed E-state index contributed by atoms with van der Waals surface area (Å²) in [5.74, 6) is 0. The van der Waals surface area contributed by atoms with Gasteiger partial charge in [0.05, 0.1) is 6.04 Å². The van der Waals surface area contributed by atoms with E-state index in [2.05, 4.69) is 32.4 Å². The molecule has 1 aliphatic heterocycles. The second kappa shape index (κ2) is 8.13.